The number of thioether (sulfide) groups is 1. The van der Waals surface area contributed by atoms with Crippen LogP contribution in [0.4, 0.5) is 0 Å². The first-order chi connectivity index (χ1) is 7.93. The Hall–Kier alpha value is -0.470. The molecule has 2 heteroatoms. The van der Waals surface area contributed by atoms with E-state index < -0.39 is 0 Å². The highest BCUT2D eigenvalue weighted by Gasteiger charge is 2.25. The predicted molar refractivity (Wildman–Crippen MR) is 70.2 cm³/mol. The SMILES string of the molecule is c1ccc2c(c1)SCC2CN1CCCCC1. The van der Waals surface area contributed by atoms with Crippen LogP contribution in [0.15, 0.2) is 29.2 Å². The van der Waals surface area contributed by atoms with Crippen LogP contribution in [0.3, 0.4) is 0 Å². The monoisotopic (exact) mass is 233 g/mol. The summed E-state index contributed by atoms with van der Waals surface area (Å²) in [5.74, 6) is 2.06. The molecule has 16 heavy (non-hydrogen) atoms. The molecule has 0 aromatic heterocycles. The lowest BCUT2D eigenvalue weighted by atomic mass is 9.99. The molecule has 2 aliphatic heterocycles. The Morgan fingerprint density at radius 2 is 1.94 bits per heavy atom. The Morgan fingerprint density at radius 3 is 2.81 bits per heavy atom. The van der Waals surface area contributed by atoms with Crippen molar-refractivity contribution in [2.45, 2.75) is 30.1 Å². The minimum Gasteiger partial charge on any atom is -0.303 e. The number of nitrogens with zero attached hydrogens (tertiary/aromatic N) is 1. The van der Waals surface area contributed by atoms with Gasteiger partial charge >= 0.3 is 0 Å². The third kappa shape index (κ3) is 2.14. The third-order valence-electron chi connectivity index (χ3n) is 3.73. The van der Waals surface area contributed by atoms with E-state index in [4.69, 9.17) is 0 Å². The van der Waals surface area contributed by atoms with Gasteiger partial charge in [0.2, 0.25) is 0 Å². The lowest BCUT2D eigenvalue weighted by Gasteiger charge is -2.29. The summed E-state index contributed by atoms with van der Waals surface area (Å²) in [5.41, 5.74) is 1.60. The molecule has 1 fully saturated rings. The van der Waals surface area contributed by atoms with Crippen LogP contribution in [-0.2, 0) is 0 Å². The van der Waals surface area contributed by atoms with Gasteiger partial charge in [-0.15, -0.1) is 11.8 Å². The zero-order chi connectivity index (χ0) is 10.8. The van der Waals surface area contributed by atoms with Crippen molar-refractivity contribution in [2.24, 2.45) is 0 Å². The first-order valence-electron chi connectivity index (χ1n) is 6.37. The molecule has 1 atom stereocenters. The lowest BCUT2D eigenvalue weighted by Crippen LogP contribution is -2.33. The zero-order valence-electron chi connectivity index (χ0n) is 9.69. The van der Waals surface area contributed by atoms with E-state index in [0.717, 1.165) is 5.92 Å². The molecule has 0 radical (unpaired) electrons. The number of benzene rings is 1. The third-order valence-corrected chi connectivity index (χ3v) is 4.98. The maximum Gasteiger partial charge on any atom is 0.0108 e. The van der Waals surface area contributed by atoms with E-state index in [9.17, 15) is 0 Å². The molecule has 1 nitrogen and oxygen atoms in total. The number of piperidine rings is 1. The van der Waals surface area contributed by atoms with Crippen LogP contribution in [-0.4, -0.2) is 30.3 Å². The van der Waals surface area contributed by atoms with Gasteiger partial charge in [0.25, 0.3) is 0 Å². The summed E-state index contributed by atoms with van der Waals surface area (Å²) in [7, 11) is 0. The Bertz CT molecular complexity index is 358. The van der Waals surface area contributed by atoms with Gasteiger partial charge < -0.3 is 4.90 Å². The van der Waals surface area contributed by atoms with Crippen molar-refractivity contribution in [1.82, 2.24) is 4.90 Å². The molecule has 1 aromatic rings. The highest BCUT2D eigenvalue weighted by atomic mass is 32.2. The zero-order valence-corrected chi connectivity index (χ0v) is 10.5. The quantitative estimate of drug-likeness (QED) is 0.770. The van der Waals surface area contributed by atoms with Gasteiger partial charge in [-0.2, -0.15) is 0 Å². The number of likely N-dealkylation sites (tertiary alicyclic amines) is 1. The largest absolute Gasteiger partial charge is 0.303 e. The lowest BCUT2D eigenvalue weighted by molar-refractivity contribution is 0.220. The van der Waals surface area contributed by atoms with Crippen molar-refractivity contribution in [3.05, 3.63) is 29.8 Å². The summed E-state index contributed by atoms with van der Waals surface area (Å²) >= 11 is 2.04. The molecule has 0 amide bonds. The number of rotatable bonds is 2. The van der Waals surface area contributed by atoms with Gasteiger partial charge in [-0.3, -0.25) is 0 Å². The fraction of sp³-hybridized carbons (Fsp3) is 0.571. The molecule has 1 aromatic carbocycles. The van der Waals surface area contributed by atoms with E-state index in [-0.39, 0.29) is 0 Å². The van der Waals surface area contributed by atoms with Gasteiger partial charge in [0.15, 0.2) is 0 Å². The van der Waals surface area contributed by atoms with Crippen LogP contribution in [0.1, 0.15) is 30.7 Å². The minimum absolute atomic E-state index is 0.777. The van der Waals surface area contributed by atoms with Crippen LogP contribution >= 0.6 is 11.8 Å². The second-order valence-corrected chi connectivity index (χ2v) is 5.97. The van der Waals surface area contributed by atoms with Gasteiger partial charge in [-0.1, -0.05) is 24.6 Å². The average molecular weight is 233 g/mol. The summed E-state index contributed by atoms with van der Waals surface area (Å²) in [5, 5.41) is 0. The summed E-state index contributed by atoms with van der Waals surface area (Å²) in [6, 6.07) is 8.95. The van der Waals surface area contributed by atoms with Crippen LogP contribution in [0, 0.1) is 0 Å². The molecule has 0 bridgehead atoms. The Labute approximate surface area is 102 Å². The van der Waals surface area contributed by atoms with Gasteiger partial charge in [-0.25, -0.2) is 0 Å². The maximum atomic E-state index is 2.66. The molecular weight excluding hydrogens is 214 g/mol. The standard InChI is InChI=1S/C14H19NS/c1-4-8-15(9-5-1)10-12-11-16-14-7-3-2-6-13(12)14/h2-3,6-7,12H,1,4-5,8-11H2. The highest BCUT2D eigenvalue weighted by Crippen LogP contribution is 2.39. The van der Waals surface area contributed by atoms with Gasteiger partial charge in [0, 0.05) is 23.1 Å². The number of fused-ring (bicyclic) bond motifs is 1. The Morgan fingerprint density at radius 1 is 1.12 bits per heavy atom. The Balaban J connectivity index is 1.68. The maximum absolute atomic E-state index is 2.66. The minimum atomic E-state index is 0.777. The topological polar surface area (TPSA) is 3.24 Å². The van der Waals surface area contributed by atoms with Crippen LogP contribution in [0.2, 0.25) is 0 Å². The first-order valence-corrected chi connectivity index (χ1v) is 7.36. The van der Waals surface area contributed by atoms with Crippen LogP contribution < -0.4 is 0 Å². The summed E-state index contributed by atoms with van der Waals surface area (Å²) in [6.45, 7) is 3.93. The van der Waals surface area contributed by atoms with E-state index in [1.807, 2.05) is 11.8 Å². The van der Waals surface area contributed by atoms with Crippen molar-refractivity contribution in [3.8, 4) is 0 Å². The fourth-order valence-electron chi connectivity index (χ4n) is 2.83. The average Bonchev–Trinajstić information content (AvgIpc) is 2.74. The number of hydrogen-bond donors (Lipinski definition) is 0. The molecule has 3 rings (SSSR count). The molecule has 2 heterocycles. The van der Waals surface area contributed by atoms with Gasteiger partial charge in [-0.05, 0) is 37.6 Å². The molecule has 0 N–H and O–H groups in total. The Kier molecular flexibility index (Phi) is 3.20. The molecule has 1 unspecified atom stereocenters. The van der Waals surface area contributed by atoms with E-state index in [1.165, 1.54) is 49.5 Å². The molecule has 0 saturated carbocycles. The normalized spacial score (nSPS) is 25.6. The smallest absolute Gasteiger partial charge is 0.0108 e. The molecule has 0 aliphatic carbocycles. The molecule has 86 valence electrons. The fourth-order valence-corrected chi connectivity index (χ4v) is 4.08. The van der Waals surface area contributed by atoms with Gasteiger partial charge in [0.1, 0.15) is 0 Å². The van der Waals surface area contributed by atoms with Crippen molar-refractivity contribution in [3.63, 3.8) is 0 Å². The van der Waals surface area contributed by atoms with E-state index in [2.05, 4.69) is 29.2 Å². The van der Waals surface area contributed by atoms with E-state index in [0.29, 0.717) is 0 Å². The summed E-state index contributed by atoms with van der Waals surface area (Å²) in [4.78, 5) is 4.18. The molecular formula is C14H19NS. The van der Waals surface area contributed by atoms with Crippen LogP contribution in [0.5, 0.6) is 0 Å². The molecule has 2 aliphatic rings. The van der Waals surface area contributed by atoms with Crippen molar-refractivity contribution < 1.29 is 0 Å². The number of hydrogen-bond acceptors (Lipinski definition) is 2. The second kappa shape index (κ2) is 4.80. The van der Waals surface area contributed by atoms with E-state index in [1.54, 1.807) is 5.56 Å². The van der Waals surface area contributed by atoms with E-state index >= 15 is 0 Å². The second-order valence-electron chi connectivity index (χ2n) is 4.91. The van der Waals surface area contributed by atoms with Crippen molar-refractivity contribution in [2.75, 3.05) is 25.4 Å². The summed E-state index contributed by atoms with van der Waals surface area (Å²) in [6.07, 6.45) is 4.25. The molecule has 0 spiro atoms. The predicted octanol–water partition coefficient (Wildman–Crippen LogP) is 3.36. The molecule has 1 saturated heterocycles. The van der Waals surface area contributed by atoms with Gasteiger partial charge in [0.05, 0.1) is 0 Å². The van der Waals surface area contributed by atoms with Crippen molar-refractivity contribution >= 4 is 11.8 Å². The first kappa shape index (κ1) is 10.7. The summed E-state index contributed by atoms with van der Waals surface area (Å²) < 4.78 is 0. The van der Waals surface area contributed by atoms with Crippen molar-refractivity contribution in [1.29, 1.82) is 0 Å². The van der Waals surface area contributed by atoms with Crippen LogP contribution in [0.25, 0.3) is 0 Å². The highest BCUT2D eigenvalue weighted by molar-refractivity contribution is 7.99.